The predicted molar refractivity (Wildman–Crippen MR) is 64.4 cm³/mol. The van der Waals surface area contributed by atoms with Crippen LogP contribution < -0.4 is 4.90 Å². The van der Waals surface area contributed by atoms with Crippen molar-refractivity contribution in [3.05, 3.63) is 29.8 Å². The number of methoxy groups -OCH3 is 2. The van der Waals surface area contributed by atoms with Crippen molar-refractivity contribution >= 4 is 11.8 Å². The number of nitrogens with zero attached hydrogens (tertiary/aromatic N) is 1. The van der Waals surface area contributed by atoms with E-state index in [2.05, 4.69) is 0 Å². The van der Waals surface area contributed by atoms with Crippen LogP contribution in [0.1, 0.15) is 5.56 Å². The fourth-order valence-corrected chi connectivity index (χ4v) is 1.41. The number of ether oxygens (including phenoxy) is 2. The topological polar surface area (TPSA) is 59.0 Å². The molecule has 1 aromatic rings. The van der Waals surface area contributed by atoms with Crippen molar-refractivity contribution in [2.45, 2.75) is 13.2 Å². The van der Waals surface area contributed by atoms with E-state index in [9.17, 15) is 4.79 Å². The van der Waals surface area contributed by atoms with Gasteiger partial charge in [0.05, 0.1) is 6.54 Å². The van der Waals surface area contributed by atoms with Gasteiger partial charge in [0.25, 0.3) is 0 Å². The van der Waals surface area contributed by atoms with Crippen molar-refractivity contribution in [1.82, 2.24) is 0 Å². The number of benzene rings is 1. The molecule has 5 heteroatoms. The smallest absolute Gasteiger partial charge is 0.411 e. The van der Waals surface area contributed by atoms with Gasteiger partial charge in [0.15, 0.2) is 6.29 Å². The van der Waals surface area contributed by atoms with Gasteiger partial charge in [-0.2, -0.15) is 0 Å². The minimum absolute atomic E-state index is 0.130. The lowest BCUT2D eigenvalue weighted by Gasteiger charge is -2.23. The lowest BCUT2D eigenvalue weighted by atomic mass is 10.2. The van der Waals surface area contributed by atoms with Gasteiger partial charge >= 0.3 is 6.09 Å². The Morgan fingerprint density at radius 2 is 1.82 bits per heavy atom. The number of carboxylic acid groups (broad SMARTS) is 1. The third-order valence-electron chi connectivity index (χ3n) is 2.43. The second-order valence-electron chi connectivity index (χ2n) is 3.63. The van der Waals surface area contributed by atoms with Gasteiger partial charge in [-0.1, -0.05) is 17.7 Å². The Labute approximate surface area is 101 Å². The molecule has 5 nitrogen and oxygen atoms in total. The Kier molecular flexibility index (Phi) is 4.93. The molecule has 0 atom stereocenters. The Morgan fingerprint density at radius 3 is 2.24 bits per heavy atom. The van der Waals surface area contributed by atoms with Crippen LogP contribution in [0.2, 0.25) is 0 Å². The van der Waals surface area contributed by atoms with Gasteiger partial charge in [0.1, 0.15) is 0 Å². The number of hydrogen-bond acceptors (Lipinski definition) is 3. The molecule has 0 bridgehead atoms. The second-order valence-corrected chi connectivity index (χ2v) is 3.63. The Balaban J connectivity index is 2.85. The van der Waals surface area contributed by atoms with Crippen LogP contribution in [0.25, 0.3) is 0 Å². The van der Waals surface area contributed by atoms with Gasteiger partial charge in [0.2, 0.25) is 0 Å². The summed E-state index contributed by atoms with van der Waals surface area (Å²) in [5, 5.41) is 9.15. The van der Waals surface area contributed by atoms with Crippen LogP contribution >= 0.6 is 0 Å². The van der Waals surface area contributed by atoms with Crippen molar-refractivity contribution in [3.63, 3.8) is 0 Å². The van der Waals surface area contributed by atoms with Gasteiger partial charge in [-0.25, -0.2) is 4.79 Å². The highest BCUT2D eigenvalue weighted by molar-refractivity contribution is 5.86. The Hall–Kier alpha value is -1.59. The average molecular weight is 239 g/mol. The number of hydrogen-bond donors (Lipinski definition) is 1. The second kappa shape index (κ2) is 6.22. The quantitative estimate of drug-likeness (QED) is 0.799. The molecule has 0 spiro atoms. The first-order chi connectivity index (χ1) is 8.08. The summed E-state index contributed by atoms with van der Waals surface area (Å²) in [6, 6.07) is 7.23. The zero-order valence-electron chi connectivity index (χ0n) is 10.2. The van der Waals surface area contributed by atoms with Crippen LogP contribution in [0, 0.1) is 6.92 Å². The van der Waals surface area contributed by atoms with Gasteiger partial charge < -0.3 is 14.6 Å². The van der Waals surface area contributed by atoms with Crippen LogP contribution in [-0.4, -0.2) is 38.3 Å². The van der Waals surface area contributed by atoms with E-state index in [1.165, 1.54) is 19.1 Å². The molecule has 0 unspecified atom stereocenters. The lowest BCUT2D eigenvalue weighted by Crippen LogP contribution is -2.38. The molecular formula is C12H17NO4. The average Bonchev–Trinajstić information content (AvgIpc) is 2.32. The highest BCUT2D eigenvalue weighted by Gasteiger charge is 2.19. The fourth-order valence-electron chi connectivity index (χ4n) is 1.41. The molecule has 0 saturated carbocycles. The first kappa shape index (κ1) is 13.5. The molecule has 0 aliphatic heterocycles. The largest absolute Gasteiger partial charge is 0.465 e. The van der Waals surface area contributed by atoms with Crippen LogP contribution in [0.5, 0.6) is 0 Å². The molecule has 0 aliphatic rings. The van der Waals surface area contributed by atoms with Crippen molar-refractivity contribution in [3.8, 4) is 0 Å². The number of rotatable bonds is 5. The first-order valence-corrected chi connectivity index (χ1v) is 5.21. The fraction of sp³-hybridized carbons (Fsp3) is 0.417. The summed E-state index contributed by atoms with van der Waals surface area (Å²) >= 11 is 0. The van der Waals surface area contributed by atoms with E-state index in [1.807, 2.05) is 19.1 Å². The van der Waals surface area contributed by atoms with Crippen LogP contribution in [0.15, 0.2) is 24.3 Å². The number of carbonyl (C=O) groups is 1. The minimum Gasteiger partial charge on any atom is -0.465 e. The lowest BCUT2D eigenvalue weighted by molar-refractivity contribution is -0.0943. The normalized spacial score (nSPS) is 10.6. The van der Waals surface area contributed by atoms with Gasteiger partial charge in [-0.15, -0.1) is 0 Å². The zero-order chi connectivity index (χ0) is 12.8. The molecule has 1 amide bonds. The van der Waals surface area contributed by atoms with E-state index in [1.54, 1.807) is 12.1 Å². The van der Waals surface area contributed by atoms with E-state index in [0.29, 0.717) is 5.69 Å². The summed E-state index contributed by atoms with van der Waals surface area (Å²) in [4.78, 5) is 12.4. The van der Waals surface area contributed by atoms with Gasteiger partial charge in [-0.3, -0.25) is 4.90 Å². The minimum atomic E-state index is -1.03. The number of aryl methyl sites for hydroxylation is 1. The molecule has 0 fully saturated rings. The first-order valence-electron chi connectivity index (χ1n) is 5.21. The summed E-state index contributed by atoms with van der Waals surface area (Å²) in [5.41, 5.74) is 1.68. The maximum Gasteiger partial charge on any atom is 0.411 e. The third kappa shape index (κ3) is 3.72. The standard InChI is InChI=1S/C12H17NO4/c1-9-4-6-10(7-5-9)13(12(14)15)8-11(16-2)17-3/h4-7,11H,8H2,1-3H3,(H,14,15). The van der Waals surface area contributed by atoms with Crippen molar-refractivity contribution < 1.29 is 19.4 Å². The Morgan fingerprint density at radius 1 is 1.29 bits per heavy atom. The molecule has 17 heavy (non-hydrogen) atoms. The van der Waals surface area contributed by atoms with E-state index < -0.39 is 12.4 Å². The van der Waals surface area contributed by atoms with Crippen LogP contribution in [0.3, 0.4) is 0 Å². The molecular weight excluding hydrogens is 222 g/mol. The molecule has 0 aromatic heterocycles. The van der Waals surface area contributed by atoms with Crippen LogP contribution in [0.4, 0.5) is 10.5 Å². The monoisotopic (exact) mass is 239 g/mol. The molecule has 0 saturated heterocycles. The highest BCUT2D eigenvalue weighted by Crippen LogP contribution is 2.16. The van der Waals surface area contributed by atoms with E-state index >= 15 is 0 Å². The molecule has 1 rings (SSSR count). The predicted octanol–water partition coefficient (Wildman–Crippen LogP) is 2.10. The van der Waals surface area contributed by atoms with E-state index in [-0.39, 0.29) is 6.54 Å². The summed E-state index contributed by atoms with van der Waals surface area (Å²) in [5.74, 6) is 0. The molecule has 94 valence electrons. The highest BCUT2D eigenvalue weighted by atomic mass is 16.7. The van der Waals surface area contributed by atoms with Crippen LogP contribution in [-0.2, 0) is 9.47 Å². The maximum atomic E-state index is 11.2. The SMILES string of the molecule is COC(CN(C(=O)O)c1ccc(C)cc1)OC. The van der Waals surface area contributed by atoms with Crippen molar-refractivity contribution in [1.29, 1.82) is 0 Å². The summed E-state index contributed by atoms with van der Waals surface area (Å²) < 4.78 is 10.00. The van der Waals surface area contributed by atoms with E-state index in [0.717, 1.165) is 5.56 Å². The maximum absolute atomic E-state index is 11.2. The van der Waals surface area contributed by atoms with Crippen molar-refractivity contribution in [2.24, 2.45) is 0 Å². The summed E-state index contributed by atoms with van der Waals surface area (Å²) in [6.07, 6.45) is -1.61. The number of amides is 1. The molecule has 0 heterocycles. The van der Waals surface area contributed by atoms with Crippen molar-refractivity contribution in [2.75, 3.05) is 25.7 Å². The molecule has 0 aliphatic carbocycles. The molecule has 1 N–H and O–H groups in total. The summed E-state index contributed by atoms with van der Waals surface area (Å²) in [7, 11) is 2.95. The molecule has 0 radical (unpaired) electrons. The van der Waals surface area contributed by atoms with E-state index in [4.69, 9.17) is 14.6 Å². The Bertz CT molecular complexity index is 359. The summed E-state index contributed by atoms with van der Waals surface area (Å²) in [6.45, 7) is 2.08. The van der Waals surface area contributed by atoms with Gasteiger partial charge in [-0.05, 0) is 19.1 Å². The van der Waals surface area contributed by atoms with Gasteiger partial charge in [0, 0.05) is 19.9 Å². The zero-order valence-corrected chi connectivity index (χ0v) is 10.2. The third-order valence-corrected chi connectivity index (χ3v) is 2.43. The molecule has 1 aromatic carbocycles. The number of anilines is 1.